The lowest BCUT2D eigenvalue weighted by Gasteiger charge is -2.33. The number of nitrogens with zero attached hydrogens (tertiary/aromatic N) is 3. The Bertz CT molecular complexity index is 1120. The number of nitrogens with one attached hydrogen (secondary N) is 2. The predicted molar refractivity (Wildman–Crippen MR) is 128 cm³/mol. The second-order valence-electron chi connectivity index (χ2n) is 8.95. The van der Waals surface area contributed by atoms with Crippen molar-refractivity contribution < 1.29 is 28.9 Å². The molecule has 2 fully saturated rings. The van der Waals surface area contributed by atoms with Gasteiger partial charge < -0.3 is 34.5 Å². The molecule has 2 saturated heterocycles. The second-order valence-corrected chi connectivity index (χ2v) is 9.70. The van der Waals surface area contributed by atoms with Crippen LogP contribution in [0.5, 0.6) is 6.01 Å². The lowest BCUT2D eigenvalue weighted by atomic mass is 10.0. The Morgan fingerprint density at radius 3 is 2.57 bits per heavy atom. The fraction of sp³-hybridized carbons (Fsp3) is 0.545. The highest BCUT2D eigenvalue weighted by Gasteiger charge is 2.33. The van der Waals surface area contributed by atoms with Crippen molar-refractivity contribution in [1.82, 2.24) is 20.3 Å². The number of anilines is 1. The summed E-state index contributed by atoms with van der Waals surface area (Å²) in [6.45, 7) is 6.94. The van der Waals surface area contributed by atoms with Gasteiger partial charge in [0.15, 0.2) is 11.5 Å². The zero-order valence-electron chi connectivity index (χ0n) is 19.6. The first-order valence-electron chi connectivity index (χ1n) is 11.2. The molecule has 0 aliphatic carbocycles. The number of carbonyl (C=O) groups is 2. The number of H-pyrrole nitrogens is 1. The molecule has 2 aromatic rings. The summed E-state index contributed by atoms with van der Waals surface area (Å²) in [6.07, 6.45) is 0.945. The average Bonchev–Trinajstić information content (AvgIpc) is 3.30. The standard InChI is InChI=1S/C22H27Cl2N5O6/c1-11-16(23)17(24)18(25-11)19(30)26-12-4-6-29(7-5-12)15-8-14(20(31)32)27-21(28-15)33-9-13-10-34-22(2,3)35-13/h8,12-13,25H,4-7,9-10H2,1-3H3,(H,26,30)(H,31,32). The van der Waals surface area contributed by atoms with Crippen LogP contribution in [0, 0.1) is 6.92 Å². The van der Waals surface area contributed by atoms with Crippen molar-refractivity contribution in [3.8, 4) is 6.01 Å². The predicted octanol–water partition coefficient (Wildman–Crippen LogP) is 3.05. The van der Waals surface area contributed by atoms with E-state index in [4.69, 9.17) is 37.4 Å². The van der Waals surface area contributed by atoms with Crippen molar-refractivity contribution in [2.45, 2.75) is 51.5 Å². The third kappa shape index (κ3) is 5.97. The van der Waals surface area contributed by atoms with Gasteiger partial charge in [0.05, 0.1) is 16.7 Å². The van der Waals surface area contributed by atoms with E-state index >= 15 is 0 Å². The highest BCUT2D eigenvalue weighted by atomic mass is 35.5. The zero-order valence-corrected chi connectivity index (χ0v) is 21.1. The lowest BCUT2D eigenvalue weighted by molar-refractivity contribution is -0.141. The van der Waals surface area contributed by atoms with Gasteiger partial charge in [-0.05, 0) is 33.6 Å². The molecule has 2 aliphatic rings. The number of aryl methyl sites for hydroxylation is 1. The number of amides is 1. The molecule has 11 nitrogen and oxygen atoms in total. The molecular formula is C22H27Cl2N5O6. The van der Waals surface area contributed by atoms with E-state index < -0.39 is 11.8 Å². The molecule has 3 N–H and O–H groups in total. The van der Waals surface area contributed by atoms with Crippen LogP contribution in [0.15, 0.2) is 6.07 Å². The molecule has 13 heteroatoms. The van der Waals surface area contributed by atoms with Gasteiger partial charge in [-0.2, -0.15) is 9.97 Å². The molecule has 0 radical (unpaired) electrons. The Balaban J connectivity index is 1.38. The summed E-state index contributed by atoms with van der Waals surface area (Å²) < 4.78 is 16.9. The van der Waals surface area contributed by atoms with Gasteiger partial charge in [0.1, 0.15) is 24.2 Å². The number of hydrogen-bond acceptors (Lipinski definition) is 8. The number of halogens is 2. The molecule has 0 aromatic carbocycles. The monoisotopic (exact) mass is 527 g/mol. The maximum atomic E-state index is 12.6. The summed E-state index contributed by atoms with van der Waals surface area (Å²) in [6, 6.07) is 1.28. The third-order valence-electron chi connectivity index (χ3n) is 5.81. The first kappa shape index (κ1) is 25.5. The Morgan fingerprint density at radius 1 is 1.29 bits per heavy atom. The molecule has 190 valence electrons. The quantitative estimate of drug-likeness (QED) is 0.495. The highest BCUT2D eigenvalue weighted by Crippen LogP contribution is 2.29. The third-order valence-corrected chi connectivity index (χ3v) is 6.76. The Hall–Kier alpha value is -2.60. The summed E-state index contributed by atoms with van der Waals surface area (Å²) >= 11 is 12.2. The van der Waals surface area contributed by atoms with E-state index in [0.29, 0.717) is 49.1 Å². The minimum Gasteiger partial charge on any atom is -0.477 e. The van der Waals surface area contributed by atoms with Crippen molar-refractivity contribution in [2.75, 3.05) is 31.2 Å². The molecule has 0 saturated carbocycles. The number of aromatic amines is 1. The summed E-state index contributed by atoms with van der Waals surface area (Å²) in [5.74, 6) is -1.76. The van der Waals surface area contributed by atoms with Crippen molar-refractivity contribution >= 4 is 40.9 Å². The molecular weight excluding hydrogens is 501 g/mol. The van der Waals surface area contributed by atoms with E-state index in [-0.39, 0.29) is 47.1 Å². The zero-order chi connectivity index (χ0) is 25.3. The van der Waals surface area contributed by atoms with Gasteiger partial charge in [-0.25, -0.2) is 4.79 Å². The summed E-state index contributed by atoms with van der Waals surface area (Å²) in [5.41, 5.74) is 0.696. The van der Waals surface area contributed by atoms with Crippen LogP contribution >= 0.6 is 23.2 Å². The number of rotatable bonds is 7. The molecule has 0 spiro atoms. The van der Waals surface area contributed by atoms with E-state index in [2.05, 4.69) is 20.3 Å². The number of aromatic carboxylic acids is 1. The van der Waals surface area contributed by atoms with Gasteiger partial charge in [-0.15, -0.1) is 0 Å². The Kier molecular flexibility index (Phi) is 7.41. The molecule has 2 aliphatic heterocycles. The van der Waals surface area contributed by atoms with E-state index in [9.17, 15) is 14.7 Å². The van der Waals surface area contributed by atoms with Gasteiger partial charge in [0.25, 0.3) is 5.91 Å². The molecule has 4 heterocycles. The van der Waals surface area contributed by atoms with Crippen LogP contribution in [0.25, 0.3) is 0 Å². The lowest BCUT2D eigenvalue weighted by Crippen LogP contribution is -2.45. The van der Waals surface area contributed by atoms with Crippen molar-refractivity contribution in [2.24, 2.45) is 0 Å². The van der Waals surface area contributed by atoms with Crippen molar-refractivity contribution in [3.05, 3.63) is 33.2 Å². The van der Waals surface area contributed by atoms with Gasteiger partial charge in [-0.1, -0.05) is 23.2 Å². The van der Waals surface area contributed by atoms with Crippen LogP contribution in [-0.2, 0) is 9.47 Å². The minimum atomic E-state index is -1.18. The summed E-state index contributed by atoms with van der Waals surface area (Å²) in [7, 11) is 0. The molecule has 1 amide bonds. The van der Waals surface area contributed by atoms with Gasteiger partial charge in [-0.3, -0.25) is 4.79 Å². The van der Waals surface area contributed by atoms with E-state index in [1.807, 2.05) is 18.7 Å². The molecule has 2 aromatic heterocycles. The summed E-state index contributed by atoms with van der Waals surface area (Å²) in [5, 5.41) is 13.0. The number of ether oxygens (including phenoxy) is 3. The normalized spacial score (nSPS) is 20.1. The first-order valence-corrected chi connectivity index (χ1v) is 11.9. The minimum absolute atomic E-state index is 0.0442. The fourth-order valence-electron chi connectivity index (χ4n) is 4.00. The smallest absolute Gasteiger partial charge is 0.354 e. The van der Waals surface area contributed by atoms with Gasteiger partial charge in [0.2, 0.25) is 0 Å². The number of carboxylic acids is 1. The van der Waals surface area contributed by atoms with E-state index in [0.717, 1.165) is 0 Å². The van der Waals surface area contributed by atoms with Gasteiger partial charge >= 0.3 is 12.0 Å². The van der Waals surface area contributed by atoms with E-state index in [1.54, 1.807) is 6.92 Å². The van der Waals surface area contributed by atoms with Crippen LogP contribution in [-0.4, -0.2) is 76.2 Å². The molecule has 4 rings (SSSR count). The first-order chi connectivity index (χ1) is 16.5. The largest absolute Gasteiger partial charge is 0.477 e. The fourth-order valence-corrected chi connectivity index (χ4v) is 4.42. The number of hydrogen-bond donors (Lipinski definition) is 3. The summed E-state index contributed by atoms with van der Waals surface area (Å²) in [4.78, 5) is 37.5. The number of carbonyl (C=O) groups excluding carboxylic acids is 1. The second kappa shape index (κ2) is 10.2. The molecule has 1 atom stereocenters. The maximum Gasteiger partial charge on any atom is 0.354 e. The number of carboxylic acid groups (broad SMARTS) is 1. The van der Waals surface area contributed by atoms with Crippen LogP contribution in [0.3, 0.4) is 0 Å². The molecule has 0 bridgehead atoms. The van der Waals surface area contributed by atoms with Crippen LogP contribution in [0.1, 0.15) is 53.4 Å². The molecule has 1 unspecified atom stereocenters. The average molecular weight is 528 g/mol. The highest BCUT2D eigenvalue weighted by molar-refractivity contribution is 6.44. The van der Waals surface area contributed by atoms with Crippen molar-refractivity contribution in [3.63, 3.8) is 0 Å². The Labute approximate surface area is 212 Å². The SMILES string of the molecule is Cc1[nH]c(C(=O)NC2CCN(c3cc(C(=O)O)nc(OCC4COC(C)(C)O4)n3)CC2)c(Cl)c1Cl. The maximum absolute atomic E-state index is 12.6. The molecule has 35 heavy (non-hydrogen) atoms. The van der Waals surface area contributed by atoms with Crippen LogP contribution in [0.4, 0.5) is 5.82 Å². The number of piperidine rings is 1. The van der Waals surface area contributed by atoms with Gasteiger partial charge in [0, 0.05) is 30.9 Å². The Morgan fingerprint density at radius 2 is 2.00 bits per heavy atom. The van der Waals surface area contributed by atoms with E-state index in [1.165, 1.54) is 6.07 Å². The van der Waals surface area contributed by atoms with Crippen LogP contribution in [0.2, 0.25) is 10.0 Å². The topological polar surface area (TPSA) is 139 Å². The van der Waals surface area contributed by atoms with Crippen LogP contribution < -0.4 is 15.0 Å². The number of aromatic nitrogens is 3. The van der Waals surface area contributed by atoms with Crippen molar-refractivity contribution in [1.29, 1.82) is 0 Å².